The fraction of sp³-hybridized carbons (Fsp3) is 0.500. The molecule has 0 bridgehead atoms. The van der Waals surface area contributed by atoms with Gasteiger partial charge in [-0.25, -0.2) is 4.31 Å². The second-order valence-corrected chi connectivity index (χ2v) is 8.24. The van der Waals surface area contributed by atoms with Crippen molar-refractivity contribution in [3.63, 3.8) is 0 Å². The van der Waals surface area contributed by atoms with Crippen molar-refractivity contribution in [1.82, 2.24) is 18.4 Å². The van der Waals surface area contributed by atoms with Crippen LogP contribution < -0.4 is 0 Å². The minimum atomic E-state index is -3.68. The number of hydrogen-bond acceptors (Lipinski definition) is 4. The lowest BCUT2D eigenvalue weighted by molar-refractivity contribution is -0.126. The lowest BCUT2D eigenvalue weighted by atomic mass is 10.1. The van der Waals surface area contributed by atoms with Gasteiger partial charge in [0.2, 0.25) is 5.91 Å². The molecule has 0 N–H and O–H groups in total. The molecule has 24 heavy (non-hydrogen) atoms. The number of para-hydroxylation sites is 1. The summed E-state index contributed by atoms with van der Waals surface area (Å²) in [6, 6.07) is 7.73. The summed E-state index contributed by atoms with van der Waals surface area (Å²) in [5.41, 5.74) is 1.55. The van der Waals surface area contributed by atoms with Crippen LogP contribution in [0.2, 0.25) is 0 Å². The summed E-state index contributed by atoms with van der Waals surface area (Å²) in [5.74, 6) is -0.399. The topological polar surface area (TPSA) is 75.5 Å². The molecule has 128 valence electrons. The first kappa shape index (κ1) is 15.6. The van der Waals surface area contributed by atoms with Crippen LogP contribution in [0.5, 0.6) is 0 Å². The van der Waals surface area contributed by atoms with Crippen molar-refractivity contribution in [2.75, 3.05) is 13.1 Å². The highest BCUT2D eigenvalue weighted by molar-refractivity contribution is 7.87. The van der Waals surface area contributed by atoms with Gasteiger partial charge in [0.15, 0.2) is 0 Å². The summed E-state index contributed by atoms with van der Waals surface area (Å²) < 4.78 is 29.7. The van der Waals surface area contributed by atoms with Gasteiger partial charge in [-0.15, -0.1) is 0 Å². The maximum atomic E-state index is 12.7. The van der Waals surface area contributed by atoms with Crippen molar-refractivity contribution in [3.8, 4) is 0 Å². The van der Waals surface area contributed by atoms with E-state index in [1.54, 1.807) is 4.68 Å². The summed E-state index contributed by atoms with van der Waals surface area (Å²) >= 11 is 0. The Kier molecular flexibility index (Phi) is 3.61. The van der Waals surface area contributed by atoms with Crippen LogP contribution in [0.3, 0.4) is 0 Å². The van der Waals surface area contributed by atoms with Crippen LogP contribution in [0.15, 0.2) is 24.3 Å². The first-order chi connectivity index (χ1) is 11.5. The van der Waals surface area contributed by atoms with Gasteiger partial charge in [-0.3, -0.25) is 9.48 Å². The Morgan fingerprint density at radius 3 is 2.75 bits per heavy atom. The number of rotatable bonds is 3. The van der Waals surface area contributed by atoms with Crippen molar-refractivity contribution >= 4 is 27.0 Å². The molecule has 2 aromatic rings. The minimum absolute atomic E-state index is 0.000903. The van der Waals surface area contributed by atoms with Crippen LogP contribution >= 0.6 is 0 Å². The zero-order chi connectivity index (χ0) is 16.9. The van der Waals surface area contributed by atoms with Crippen molar-refractivity contribution in [2.24, 2.45) is 7.05 Å². The Morgan fingerprint density at radius 2 is 2.00 bits per heavy atom. The molecule has 4 rings (SSSR count). The fourth-order valence-corrected chi connectivity index (χ4v) is 5.25. The number of aryl methyl sites for hydroxylation is 1. The fourth-order valence-electron chi connectivity index (χ4n) is 3.36. The quantitative estimate of drug-likeness (QED) is 0.831. The molecule has 0 unspecified atom stereocenters. The summed E-state index contributed by atoms with van der Waals surface area (Å²) in [4.78, 5) is 12.7. The third kappa shape index (κ3) is 2.50. The summed E-state index contributed by atoms with van der Waals surface area (Å²) in [5, 5.41) is 5.29. The average Bonchev–Trinajstić information content (AvgIpc) is 3.33. The molecule has 1 aromatic carbocycles. The number of benzene rings is 1. The van der Waals surface area contributed by atoms with Gasteiger partial charge in [-0.2, -0.15) is 17.8 Å². The van der Waals surface area contributed by atoms with Crippen LogP contribution in [0, 0.1) is 0 Å². The first-order valence-corrected chi connectivity index (χ1v) is 9.61. The van der Waals surface area contributed by atoms with E-state index in [2.05, 4.69) is 5.10 Å². The molecule has 1 amide bonds. The monoisotopic (exact) mass is 348 g/mol. The molecule has 0 radical (unpaired) electrons. The molecular formula is C16H20N4O3S. The number of carbonyl (C=O) groups excluding carboxylic acids is 1. The highest BCUT2D eigenvalue weighted by Crippen LogP contribution is 2.33. The zero-order valence-electron chi connectivity index (χ0n) is 13.6. The lowest BCUT2D eigenvalue weighted by Crippen LogP contribution is -2.53. The smallest absolute Gasteiger partial charge is 0.273 e. The standard InChI is InChI=1S/C16H20N4O3S/c1-18-15-6-3-2-5-13(15)14(17-18)11-16(21)20-10-4-9-19(12-7-8-12)24(20,22)23/h2-3,5-6,12H,4,7-11H2,1H3. The Bertz CT molecular complexity index is 901. The van der Waals surface area contributed by atoms with E-state index >= 15 is 0 Å². The number of fused-ring (bicyclic) bond motifs is 1. The number of carbonyl (C=O) groups is 1. The maximum Gasteiger partial charge on any atom is 0.306 e. The lowest BCUT2D eigenvalue weighted by Gasteiger charge is -2.34. The summed E-state index contributed by atoms with van der Waals surface area (Å²) in [6.07, 6.45) is 2.47. The molecular weight excluding hydrogens is 328 g/mol. The van der Waals surface area contributed by atoms with Gasteiger partial charge in [-0.05, 0) is 25.3 Å². The molecule has 1 aliphatic heterocycles. The largest absolute Gasteiger partial charge is 0.306 e. The second-order valence-electron chi connectivity index (χ2n) is 6.43. The summed E-state index contributed by atoms with van der Waals surface area (Å²) in [7, 11) is -1.86. The second kappa shape index (κ2) is 5.56. The van der Waals surface area contributed by atoms with Gasteiger partial charge in [0.1, 0.15) is 0 Å². The SMILES string of the molecule is Cn1nc(CC(=O)N2CCCN(C3CC3)S2(=O)=O)c2ccccc21. The van der Waals surface area contributed by atoms with E-state index in [1.807, 2.05) is 31.3 Å². The predicted molar refractivity (Wildman–Crippen MR) is 89.4 cm³/mol. The van der Waals surface area contributed by atoms with Crippen LogP contribution in [0.4, 0.5) is 0 Å². The molecule has 1 aliphatic carbocycles. The Labute approximate surface area is 141 Å². The van der Waals surface area contributed by atoms with Gasteiger partial charge < -0.3 is 0 Å². The van der Waals surface area contributed by atoms with Crippen molar-refractivity contribution in [3.05, 3.63) is 30.0 Å². The van der Waals surface area contributed by atoms with Crippen LogP contribution in [0.1, 0.15) is 25.0 Å². The van der Waals surface area contributed by atoms with E-state index in [9.17, 15) is 13.2 Å². The highest BCUT2D eigenvalue weighted by atomic mass is 32.2. The Hall–Kier alpha value is -1.93. The minimum Gasteiger partial charge on any atom is -0.273 e. The van der Waals surface area contributed by atoms with Crippen LogP contribution in [-0.4, -0.2) is 51.8 Å². The van der Waals surface area contributed by atoms with Gasteiger partial charge in [0.25, 0.3) is 0 Å². The number of amides is 1. The Morgan fingerprint density at radius 1 is 1.25 bits per heavy atom. The van der Waals surface area contributed by atoms with E-state index < -0.39 is 16.1 Å². The Balaban J connectivity index is 1.61. The molecule has 2 fully saturated rings. The number of nitrogens with zero attached hydrogens (tertiary/aromatic N) is 4. The maximum absolute atomic E-state index is 12.7. The van der Waals surface area contributed by atoms with Crippen molar-refractivity contribution < 1.29 is 13.2 Å². The van der Waals surface area contributed by atoms with E-state index in [0.717, 1.165) is 28.0 Å². The van der Waals surface area contributed by atoms with Crippen molar-refractivity contribution in [2.45, 2.75) is 31.7 Å². The van der Waals surface area contributed by atoms with Crippen LogP contribution in [-0.2, 0) is 28.5 Å². The third-order valence-corrected chi connectivity index (χ3v) is 6.72. The molecule has 1 saturated heterocycles. The summed E-state index contributed by atoms with van der Waals surface area (Å²) in [6.45, 7) is 0.776. The van der Waals surface area contributed by atoms with Gasteiger partial charge in [0, 0.05) is 31.6 Å². The molecule has 0 atom stereocenters. The molecule has 8 heteroatoms. The van der Waals surface area contributed by atoms with Gasteiger partial charge in [-0.1, -0.05) is 18.2 Å². The predicted octanol–water partition coefficient (Wildman–Crippen LogP) is 1.06. The molecule has 1 saturated carbocycles. The molecule has 7 nitrogen and oxygen atoms in total. The molecule has 2 aliphatic rings. The average molecular weight is 348 g/mol. The van der Waals surface area contributed by atoms with E-state index in [1.165, 1.54) is 4.31 Å². The normalized spacial score (nSPS) is 21.3. The van der Waals surface area contributed by atoms with Crippen molar-refractivity contribution in [1.29, 1.82) is 0 Å². The van der Waals surface area contributed by atoms with E-state index in [4.69, 9.17) is 0 Å². The molecule has 2 heterocycles. The van der Waals surface area contributed by atoms with Gasteiger partial charge >= 0.3 is 10.2 Å². The third-order valence-electron chi connectivity index (χ3n) is 4.70. The molecule has 1 aromatic heterocycles. The van der Waals surface area contributed by atoms with Gasteiger partial charge in [0.05, 0.1) is 17.6 Å². The van der Waals surface area contributed by atoms with Crippen LogP contribution in [0.25, 0.3) is 10.9 Å². The molecule has 0 spiro atoms. The van der Waals surface area contributed by atoms with E-state index in [0.29, 0.717) is 18.7 Å². The first-order valence-electron chi connectivity index (χ1n) is 8.21. The number of hydrogen-bond donors (Lipinski definition) is 0. The number of aromatic nitrogens is 2. The highest BCUT2D eigenvalue weighted by Gasteiger charge is 2.44. The zero-order valence-corrected chi connectivity index (χ0v) is 14.4. The van der Waals surface area contributed by atoms with E-state index in [-0.39, 0.29) is 19.0 Å².